The van der Waals surface area contributed by atoms with Crippen LogP contribution in [-0.4, -0.2) is 67.0 Å². The summed E-state index contributed by atoms with van der Waals surface area (Å²) in [5, 5.41) is 0. The van der Waals surface area contributed by atoms with Crippen LogP contribution in [0.5, 0.6) is 0 Å². The maximum absolute atomic E-state index is 13.1. The molecule has 148 valence electrons. The minimum atomic E-state index is -1.64. The lowest BCUT2D eigenvalue weighted by Crippen LogP contribution is -2.48. The molecule has 8 heteroatoms. The Labute approximate surface area is 157 Å². The molecule has 2 saturated heterocycles. The van der Waals surface area contributed by atoms with Gasteiger partial charge in [0.05, 0.1) is 0 Å². The average molecular weight is 379 g/mol. The van der Waals surface area contributed by atoms with E-state index in [1.165, 1.54) is 6.92 Å². The van der Waals surface area contributed by atoms with E-state index in [-0.39, 0.29) is 24.4 Å². The van der Waals surface area contributed by atoms with Crippen LogP contribution < -0.4 is 0 Å². The smallest absolute Gasteiger partial charge is 0.350 e. The summed E-state index contributed by atoms with van der Waals surface area (Å²) < 4.78 is 16.3. The lowest BCUT2D eigenvalue weighted by molar-refractivity contribution is -0.177. The number of esters is 3. The maximum atomic E-state index is 13.1. The number of ketones is 1. The molecule has 4 bridgehead atoms. The van der Waals surface area contributed by atoms with Crippen LogP contribution >= 0.6 is 0 Å². The number of hydrogen-bond donors (Lipinski definition) is 0. The van der Waals surface area contributed by atoms with E-state index >= 15 is 0 Å². The summed E-state index contributed by atoms with van der Waals surface area (Å²) in [6, 6.07) is 0. The first kappa shape index (κ1) is 19.5. The van der Waals surface area contributed by atoms with E-state index in [0.717, 1.165) is 0 Å². The number of Topliss-reactive ketones (excluding diaryl/α,β-unsaturated/α-hetero) is 1. The maximum Gasteiger partial charge on any atom is 0.350 e. The minimum absolute atomic E-state index is 0.0954. The second-order valence-corrected chi connectivity index (χ2v) is 7.66. The predicted molar refractivity (Wildman–Crippen MR) is 92.4 cm³/mol. The number of likely N-dealkylation sites (N-methyl/N-ethyl adjacent to an activating group) is 1. The number of ether oxygens (including phenoxy) is 3. The molecule has 0 amide bonds. The summed E-state index contributed by atoms with van der Waals surface area (Å²) in [6.45, 7) is 5.52. The molecule has 0 aromatic rings. The van der Waals surface area contributed by atoms with E-state index < -0.39 is 40.9 Å². The van der Waals surface area contributed by atoms with Crippen molar-refractivity contribution in [2.45, 2.75) is 45.3 Å². The first-order chi connectivity index (χ1) is 12.7. The Balaban J connectivity index is 2.10. The normalized spacial score (nSPS) is 39.9. The molecule has 3 heterocycles. The van der Waals surface area contributed by atoms with Crippen LogP contribution in [0.1, 0.15) is 33.6 Å². The first-order valence-corrected chi connectivity index (χ1v) is 9.20. The van der Waals surface area contributed by atoms with E-state index in [0.29, 0.717) is 19.5 Å². The summed E-state index contributed by atoms with van der Waals surface area (Å²) in [6.07, 6.45) is 1.04. The first-order valence-electron chi connectivity index (χ1n) is 9.20. The molecular weight excluding hydrogens is 354 g/mol. The Morgan fingerprint density at radius 1 is 1.19 bits per heavy atom. The van der Waals surface area contributed by atoms with E-state index in [1.54, 1.807) is 19.9 Å². The Morgan fingerprint density at radius 3 is 2.56 bits per heavy atom. The molecule has 27 heavy (non-hydrogen) atoms. The van der Waals surface area contributed by atoms with Gasteiger partial charge in [0, 0.05) is 31.0 Å². The molecule has 0 radical (unpaired) electrons. The van der Waals surface area contributed by atoms with Crippen molar-refractivity contribution in [3.8, 4) is 0 Å². The zero-order chi connectivity index (χ0) is 20.0. The van der Waals surface area contributed by atoms with Crippen molar-refractivity contribution < 1.29 is 33.4 Å². The fourth-order valence-corrected chi connectivity index (χ4v) is 3.99. The molecule has 2 unspecified atom stereocenters. The fourth-order valence-electron chi connectivity index (χ4n) is 3.99. The Bertz CT molecular complexity index is 730. The quantitative estimate of drug-likeness (QED) is 0.372. The molecule has 0 N–H and O–H groups in total. The molecule has 8 nitrogen and oxygen atoms in total. The number of cyclic esters (lactones) is 1. The number of rotatable bonds is 1. The van der Waals surface area contributed by atoms with Gasteiger partial charge in [-0.25, -0.2) is 4.79 Å². The highest BCUT2D eigenvalue weighted by Gasteiger charge is 2.68. The molecule has 0 spiro atoms. The summed E-state index contributed by atoms with van der Waals surface area (Å²) in [5.74, 6) is -3.58. The summed E-state index contributed by atoms with van der Waals surface area (Å²) in [4.78, 5) is 53.3. The second-order valence-electron chi connectivity index (χ2n) is 7.66. The fraction of sp³-hybridized carbons (Fsp3) is 0.684. The van der Waals surface area contributed by atoms with Crippen molar-refractivity contribution in [2.75, 3.05) is 26.7 Å². The second kappa shape index (κ2) is 6.74. The topological polar surface area (TPSA) is 99.2 Å². The molecule has 3 rings (SSSR count). The van der Waals surface area contributed by atoms with Crippen LogP contribution in [-0.2, 0) is 33.4 Å². The van der Waals surface area contributed by atoms with Crippen molar-refractivity contribution in [3.05, 3.63) is 11.6 Å². The summed E-state index contributed by atoms with van der Waals surface area (Å²) in [7, 11) is 1.88. The highest BCUT2D eigenvalue weighted by Crippen LogP contribution is 2.50. The van der Waals surface area contributed by atoms with Gasteiger partial charge < -0.3 is 19.1 Å². The molecule has 4 atom stereocenters. The van der Waals surface area contributed by atoms with Gasteiger partial charge in [0.1, 0.15) is 6.61 Å². The van der Waals surface area contributed by atoms with Crippen LogP contribution in [0.3, 0.4) is 0 Å². The standard InChI is InChI=1S/C19H25NO7/c1-5-19-11(2)18(3,27-17(19)24)15(22)25-10-12-6-8-20(4)9-7-13(14(12)21)26-16(19)23/h6,11,13H,5,7-10H2,1-4H3/b12-6-/t11-,13-,18?,19?/m0/s1. The Morgan fingerprint density at radius 2 is 1.89 bits per heavy atom. The predicted octanol–water partition coefficient (Wildman–Crippen LogP) is 0.634. The van der Waals surface area contributed by atoms with Gasteiger partial charge in [-0.2, -0.15) is 0 Å². The van der Waals surface area contributed by atoms with Crippen molar-refractivity contribution in [2.24, 2.45) is 11.3 Å². The highest BCUT2D eigenvalue weighted by molar-refractivity contribution is 6.07. The van der Waals surface area contributed by atoms with E-state index in [2.05, 4.69) is 0 Å². The van der Waals surface area contributed by atoms with E-state index in [4.69, 9.17) is 14.2 Å². The van der Waals surface area contributed by atoms with Gasteiger partial charge in [0.2, 0.25) is 11.4 Å². The van der Waals surface area contributed by atoms with Crippen molar-refractivity contribution in [1.82, 2.24) is 4.90 Å². The third-order valence-electron chi connectivity index (χ3n) is 6.20. The third kappa shape index (κ3) is 2.86. The van der Waals surface area contributed by atoms with Gasteiger partial charge in [-0.15, -0.1) is 0 Å². The summed E-state index contributed by atoms with van der Waals surface area (Å²) >= 11 is 0. The largest absolute Gasteiger partial charge is 0.458 e. The Hall–Kier alpha value is -2.22. The van der Waals surface area contributed by atoms with E-state index in [9.17, 15) is 19.2 Å². The van der Waals surface area contributed by atoms with Crippen molar-refractivity contribution in [3.63, 3.8) is 0 Å². The molecule has 0 aliphatic carbocycles. The number of carbonyl (C=O) groups is 4. The van der Waals surface area contributed by atoms with Gasteiger partial charge >= 0.3 is 17.9 Å². The van der Waals surface area contributed by atoms with Crippen LogP contribution in [0.25, 0.3) is 0 Å². The van der Waals surface area contributed by atoms with Crippen molar-refractivity contribution >= 4 is 23.7 Å². The number of hydrogen-bond acceptors (Lipinski definition) is 8. The van der Waals surface area contributed by atoms with Gasteiger partial charge in [-0.1, -0.05) is 19.9 Å². The zero-order valence-electron chi connectivity index (χ0n) is 16.1. The molecule has 0 saturated carbocycles. The van der Waals surface area contributed by atoms with Gasteiger partial charge in [0.15, 0.2) is 11.5 Å². The molecular formula is C19H25NO7. The number of nitrogens with zero attached hydrogens (tertiary/aromatic N) is 1. The monoisotopic (exact) mass is 379 g/mol. The third-order valence-corrected chi connectivity index (χ3v) is 6.20. The number of carbonyl (C=O) groups excluding carboxylic acids is 4. The van der Waals surface area contributed by atoms with Crippen molar-refractivity contribution in [1.29, 1.82) is 0 Å². The molecule has 3 aliphatic heterocycles. The highest BCUT2D eigenvalue weighted by atomic mass is 16.6. The van der Waals surface area contributed by atoms with Crippen LogP contribution in [0, 0.1) is 11.3 Å². The minimum Gasteiger partial charge on any atom is -0.458 e. The Kier molecular flexibility index (Phi) is 4.88. The summed E-state index contributed by atoms with van der Waals surface area (Å²) in [5.41, 5.74) is -2.98. The van der Waals surface area contributed by atoms with Gasteiger partial charge in [-0.3, -0.25) is 14.4 Å². The molecule has 2 fully saturated rings. The zero-order valence-corrected chi connectivity index (χ0v) is 16.1. The van der Waals surface area contributed by atoms with Gasteiger partial charge in [-0.05, 0) is 20.4 Å². The lowest BCUT2D eigenvalue weighted by atomic mass is 9.69. The molecule has 3 aliphatic rings. The van der Waals surface area contributed by atoms with Gasteiger partial charge in [0.25, 0.3) is 0 Å². The molecule has 0 aromatic heterocycles. The SMILES string of the molecule is CCC12C(=O)O[C@H]3CCN(C)C/C=C(/COC(=O)C(C)(OC1=O)[C@@H]2C)C3=O. The van der Waals surface area contributed by atoms with Crippen LogP contribution in [0.2, 0.25) is 0 Å². The number of fused-ring (bicyclic) bond motifs is 4. The van der Waals surface area contributed by atoms with E-state index in [1.807, 2.05) is 11.9 Å². The average Bonchev–Trinajstić information content (AvgIpc) is 2.83. The van der Waals surface area contributed by atoms with Crippen LogP contribution in [0.4, 0.5) is 0 Å². The lowest BCUT2D eigenvalue weighted by Gasteiger charge is -2.31. The molecule has 0 aromatic carbocycles. The van der Waals surface area contributed by atoms with Crippen LogP contribution in [0.15, 0.2) is 11.6 Å².